The topological polar surface area (TPSA) is 30.9 Å². The standard InChI is InChI=1S/C23H37NO3/c1-4-13-25-21-12-9-19(17-24-16-18-7-10-20(24)11-8-18)22(26-14-5-2)23(21)27-15-6-3/h9,12,18,20H,4-8,10-11,13-17H2,1-3H3. The van der Waals surface area contributed by atoms with Crippen molar-refractivity contribution in [3.05, 3.63) is 17.7 Å². The van der Waals surface area contributed by atoms with Gasteiger partial charge in [0.15, 0.2) is 11.5 Å². The molecule has 2 aliphatic heterocycles. The zero-order valence-corrected chi connectivity index (χ0v) is 17.5. The molecule has 0 radical (unpaired) electrons. The average molecular weight is 376 g/mol. The van der Waals surface area contributed by atoms with E-state index in [9.17, 15) is 0 Å². The van der Waals surface area contributed by atoms with E-state index in [-0.39, 0.29) is 0 Å². The Morgan fingerprint density at radius 3 is 2.04 bits per heavy atom. The SMILES string of the molecule is CCCOc1ccc(CN2CC3CCC2CC3)c(OCCC)c1OCCC. The smallest absolute Gasteiger partial charge is 0.203 e. The maximum atomic E-state index is 6.23. The third-order valence-corrected chi connectivity index (χ3v) is 5.72. The first-order valence-corrected chi connectivity index (χ1v) is 11.0. The van der Waals surface area contributed by atoms with Gasteiger partial charge in [-0.3, -0.25) is 4.90 Å². The Morgan fingerprint density at radius 1 is 0.815 bits per heavy atom. The average Bonchev–Trinajstić information content (AvgIpc) is 2.71. The lowest BCUT2D eigenvalue weighted by molar-refractivity contribution is 0.0417. The number of hydrogen-bond acceptors (Lipinski definition) is 4. The fourth-order valence-corrected chi connectivity index (χ4v) is 4.32. The minimum atomic E-state index is 0.683. The van der Waals surface area contributed by atoms with E-state index in [2.05, 4.69) is 37.8 Å². The van der Waals surface area contributed by atoms with Crippen LogP contribution in [0.3, 0.4) is 0 Å². The molecule has 0 spiro atoms. The second-order valence-corrected chi connectivity index (χ2v) is 8.03. The predicted octanol–water partition coefficient (Wildman–Crippen LogP) is 5.43. The normalized spacial score (nSPS) is 22.0. The molecule has 2 bridgehead atoms. The Labute approximate surface area is 165 Å². The minimum Gasteiger partial charge on any atom is -0.490 e. The fourth-order valence-electron chi connectivity index (χ4n) is 4.32. The second kappa shape index (κ2) is 10.2. The van der Waals surface area contributed by atoms with E-state index >= 15 is 0 Å². The van der Waals surface area contributed by atoms with Crippen molar-refractivity contribution in [2.24, 2.45) is 5.92 Å². The number of fused-ring (bicyclic) bond motifs is 3. The van der Waals surface area contributed by atoms with Gasteiger partial charge in [0.25, 0.3) is 0 Å². The van der Waals surface area contributed by atoms with E-state index in [4.69, 9.17) is 14.2 Å². The van der Waals surface area contributed by atoms with Gasteiger partial charge in [-0.2, -0.15) is 0 Å². The van der Waals surface area contributed by atoms with Crippen LogP contribution in [0.1, 0.15) is 71.3 Å². The molecule has 0 unspecified atom stereocenters. The molecule has 4 rings (SSSR count). The Kier molecular flexibility index (Phi) is 7.69. The van der Waals surface area contributed by atoms with Gasteiger partial charge in [-0.05, 0) is 56.9 Å². The third-order valence-electron chi connectivity index (χ3n) is 5.72. The highest BCUT2D eigenvalue weighted by molar-refractivity contribution is 5.56. The highest BCUT2D eigenvalue weighted by atomic mass is 16.5. The Balaban J connectivity index is 1.86. The number of ether oxygens (including phenoxy) is 3. The van der Waals surface area contributed by atoms with Gasteiger partial charge in [-0.15, -0.1) is 0 Å². The monoisotopic (exact) mass is 375 g/mol. The van der Waals surface area contributed by atoms with E-state index < -0.39 is 0 Å². The third kappa shape index (κ3) is 5.10. The van der Waals surface area contributed by atoms with Crippen molar-refractivity contribution in [3.63, 3.8) is 0 Å². The van der Waals surface area contributed by atoms with E-state index in [1.807, 2.05) is 0 Å². The van der Waals surface area contributed by atoms with Gasteiger partial charge < -0.3 is 14.2 Å². The lowest BCUT2D eigenvalue weighted by atomic mass is 9.80. The highest BCUT2D eigenvalue weighted by Gasteiger charge is 2.34. The van der Waals surface area contributed by atoms with Crippen LogP contribution in [-0.4, -0.2) is 37.3 Å². The molecule has 2 saturated heterocycles. The number of benzene rings is 1. The first-order chi connectivity index (χ1) is 13.3. The van der Waals surface area contributed by atoms with Gasteiger partial charge in [-0.25, -0.2) is 0 Å². The van der Waals surface area contributed by atoms with Gasteiger partial charge in [0.1, 0.15) is 0 Å². The Morgan fingerprint density at radius 2 is 1.44 bits per heavy atom. The van der Waals surface area contributed by atoms with E-state index in [1.54, 1.807) is 0 Å². The first-order valence-electron chi connectivity index (χ1n) is 11.0. The molecule has 1 aromatic carbocycles. The van der Waals surface area contributed by atoms with Crippen LogP contribution in [-0.2, 0) is 6.54 Å². The maximum absolute atomic E-state index is 6.23. The molecular formula is C23H37NO3. The van der Waals surface area contributed by atoms with E-state index in [0.717, 1.165) is 55.0 Å². The second-order valence-electron chi connectivity index (χ2n) is 8.03. The van der Waals surface area contributed by atoms with Crippen molar-refractivity contribution < 1.29 is 14.2 Å². The molecule has 2 heterocycles. The molecule has 27 heavy (non-hydrogen) atoms. The van der Waals surface area contributed by atoms with Crippen LogP contribution in [0.4, 0.5) is 0 Å². The van der Waals surface area contributed by atoms with Gasteiger partial charge in [0.2, 0.25) is 5.75 Å². The fraction of sp³-hybridized carbons (Fsp3) is 0.739. The largest absolute Gasteiger partial charge is 0.490 e. The van der Waals surface area contributed by atoms with E-state index in [1.165, 1.54) is 37.8 Å². The van der Waals surface area contributed by atoms with Gasteiger partial charge >= 0.3 is 0 Å². The molecule has 0 N–H and O–H groups in total. The Bertz CT molecular complexity index is 581. The molecule has 152 valence electrons. The summed E-state index contributed by atoms with van der Waals surface area (Å²) in [4.78, 5) is 2.67. The molecular weight excluding hydrogens is 338 g/mol. The van der Waals surface area contributed by atoms with Crippen LogP contribution in [0.5, 0.6) is 17.2 Å². The molecule has 3 fully saturated rings. The van der Waals surface area contributed by atoms with Crippen LogP contribution in [0.15, 0.2) is 12.1 Å². The van der Waals surface area contributed by atoms with E-state index in [0.29, 0.717) is 19.8 Å². The van der Waals surface area contributed by atoms with Crippen molar-refractivity contribution >= 4 is 0 Å². The highest BCUT2D eigenvalue weighted by Crippen LogP contribution is 2.43. The van der Waals surface area contributed by atoms with Crippen LogP contribution in [0.2, 0.25) is 0 Å². The molecule has 4 heteroatoms. The summed E-state index contributed by atoms with van der Waals surface area (Å²) < 4.78 is 18.3. The number of nitrogens with zero attached hydrogens (tertiary/aromatic N) is 1. The number of hydrogen-bond donors (Lipinski definition) is 0. The molecule has 1 saturated carbocycles. The summed E-state index contributed by atoms with van der Waals surface area (Å²) in [6.07, 6.45) is 8.47. The Hall–Kier alpha value is -1.42. The molecule has 0 amide bonds. The lowest BCUT2D eigenvalue weighted by Gasteiger charge is -2.45. The quantitative estimate of drug-likeness (QED) is 0.516. The van der Waals surface area contributed by atoms with Gasteiger partial charge in [0.05, 0.1) is 19.8 Å². The molecule has 0 atom stereocenters. The minimum absolute atomic E-state index is 0.683. The number of rotatable bonds is 11. The lowest BCUT2D eigenvalue weighted by Crippen LogP contribution is -2.47. The summed E-state index contributed by atoms with van der Waals surface area (Å²) in [6, 6.07) is 5.01. The molecule has 4 nitrogen and oxygen atoms in total. The molecule has 1 aliphatic carbocycles. The first kappa shape index (κ1) is 20.3. The maximum Gasteiger partial charge on any atom is 0.203 e. The predicted molar refractivity (Wildman–Crippen MR) is 110 cm³/mol. The van der Waals surface area contributed by atoms with Crippen LogP contribution in [0, 0.1) is 5.92 Å². The van der Waals surface area contributed by atoms with Crippen LogP contribution >= 0.6 is 0 Å². The molecule has 1 aromatic rings. The van der Waals surface area contributed by atoms with Crippen molar-refractivity contribution in [2.75, 3.05) is 26.4 Å². The molecule has 3 aliphatic rings. The van der Waals surface area contributed by atoms with Crippen LogP contribution in [0.25, 0.3) is 0 Å². The van der Waals surface area contributed by atoms with Gasteiger partial charge in [0, 0.05) is 24.7 Å². The zero-order valence-electron chi connectivity index (χ0n) is 17.5. The van der Waals surface area contributed by atoms with Crippen molar-refractivity contribution in [3.8, 4) is 17.2 Å². The summed E-state index contributed by atoms with van der Waals surface area (Å²) in [5, 5.41) is 0. The number of piperidine rings is 2. The van der Waals surface area contributed by atoms with Gasteiger partial charge in [-0.1, -0.05) is 26.8 Å². The summed E-state index contributed by atoms with van der Waals surface area (Å²) in [6.45, 7) is 10.7. The summed E-state index contributed by atoms with van der Waals surface area (Å²) >= 11 is 0. The summed E-state index contributed by atoms with van der Waals surface area (Å²) in [7, 11) is 0. The molecule has 0 aromatic heterocycles. The summed E-state index contributed by atoms with van der Waals surface area (Å²) in [5.41, 5.74) is 1.24. The van der Waals surface area contributed by atoms with Crippen molar-refractivity contribution in [2.45, 2.75) is 78.3 Å². The van der Waals surface area contributed by atoms with Crippen LogP contribution < -0.4 is 14.2 Å². The zero-order chi connectivity index (χ0) is 19.1. The van der Waals surface area contributed by atoms with Crippen molar-refractivity contribution in [1.82, 2.24) is 4.90 Å². The van der Waals surface area contributed by atoms with Crippen molar-refractivity contribution in [1.29, 1.82) is 0 Å². The summed E-state index contributed by atoms with van der Waals surface area (Å²) in [5.74, 6) is 3.41.